The number of piperazine rings is 1. The lowest BCUT2D eigenvalue weighted by Gasteiger charge is -2.33. The standard InChI is InChI=1S/C23H27N3O3/c1-29-21-10-6-5-9-20(21)11-12-23(28)26-15-13-25(14-16-26)18-22(27)24-17-19-7-3-2-4-8-19/h2-12H,13-18H2,1H3,(H,24,27)/b12-11+. The van der Waals surface area contributed by atoms with Crippen molar-refractivity contribution in [1.29, 1.82) is 0 Å². The highest BCUT2D eigenvalue weighted by atomic mass is 16.5. The molecule has 152 valence electrons. The molecule has 29 heavy (non-hydrogen) atoms. The van der Waals surface area contributed by atoms with Crippen LogP contribution in [-0.4, -0.2) is 61.4 Å². The number of ether oxygens (including phenoxy) is 1. The van der Waals surface area contributed by atoms with Gasteiger partial charge in [0.05, 0.1) is 13.7 Å². The summed E-state index contributed by atoms with van der Waals surface area (Å²) in [7, 11) is 1.61. The fourth-order valence-electron chi connectivity index (χ4n) is 3.25. The Morgan fingerprint density at radius 2 is 1.69 bits per heavy atom. The van der Waals surface area contributed by atoms with E-state index in [0.29, 0.717) is 39.3 Å². The topological polar surface area (TPSA) is 61.9 Å². The number of hydrogen-bond donors (Lipinski definition) is 1. The number of hydrogen-bond acceptors (Lipinski definition) is 4. The van der Waals surface area contributed by atoms with E-state index in [1.54, 1.807) is 19.3 Å². The van der Waals surface area contributed by atoms with Gasteiger partial charge >= 0.3 is 0 Å². The maximum atomic E-state index is 12.5. The monoisotopic (exact) mass is 393 g/mol. The fraction of sp³-hybridized carbons (Fsp3) is 0.304. The second-order valence-corrected chi connectivity index (χ2v) is 6.94. The summed E-state index contributed by atoms with van der Waals surface area (Å²) in [6.07, 6.45) is 3.37. The van der Waals surface area contributed by atoms with Gasteiger partial charge in [0.15, 0.2) is 0 Å². The number of para-hydroxylation sites is 1. The van der Waals surface area contributed by atoms with Crippen molar-refractivity contribution in [3.8, 4) is 5.75 Å². The molecule has 0 aromatic heterocycles. The van der Waals surface area contributed by atoms with Gasteiger partial charge in [0.1, 0.15) is 5.75 Å². The molecule has 2 amide bonds. The summed E-state index contributed by atoms with van der Waals surface area (Å²) in [6.45, 7) is 3.49. The van der Waals surface area contributed by atoms with E-state index in [1.165, 1.54) is 0 Å². The first-order chi connectivity index (χ1) is 14.2. The molecule has 1 aliphatic rings. The Hall–Kier alpha value is -3.12. The van der Waals surface area contributed by atoms with E-state index in [4.69, 9.17) is 4.74 Å². The molecule has 2 aromatic rings. The normalized spacial score (nSPS) is 14.7. The Bertz CT molecular complexity index is 843. The molecule has 1 aliphatic heterocycles. The first-order valence-electron chi connectivity index (χ1n) is 9.78. The van der Waals surface area contributed by atoms with Crippen LogP contribution in [0, 0.1) is 0 Å². The van der Waals surface area contributed by atoms with Crippen LogP contribution in [-0.2, 0) is 16.1 Å². The van der Waals surface area contributed by atoms with Crippen LogP contribution >= 0.6 is 0 Å². The second kappa shape index (κ2) is 10.4. The van der Waals surface area contributed by atoms with E-state index < -0.39 is 0 Å². The zero-order valence-electron chi connectivity index (χ0n) is 16.7. The van der Waals surface area contributed by atoms with E-state index >= 15 is 0 Å². The fourth-order valence-corrected chi connectivity index (χ4v) is 3.25. The zero-order valence-corrected chi connectivity index (χ0v) is 16.7. The summed E-state index contributed by atoms with van der Waals surface area (Å²) in [5.41, 5.74) is 1.95. The number of carbonyl (C=O) groups is 2. The number of benzene rings is 2. The number of rotatable bonds is 7. The highest BCUT2D eigenvalue weighted by Gasteiger charge is 2.21. The zero-order chi connectivity index (χ0) is 20.5. The molecule has 2 aromatic carbocycles. The van der Waals surface area contributed by atoms with Gasteiger partial charge < -0.3 is 15.0 Å². The molecule has 1 fully saturated rings. The van der Waals surface area contributed by atoms with Crippen molar-refractivity contribution in [2.45, 2.75) is 6.54 Å². The summed E-state index contributed by atoms with van der Waals surface area (Å²) in [5, 5.41) is 2.95. The molecule has 0 radical (unpaired) electrons. The van der Waals surface area contributed by atoms with Crippen LogP contribution in [0.25, 0.3) is 6.08 Å². The highest BCUT2D eigenvalue weighted by Crippen LogP contribution is 2.18. The molecule has 1 saturated heterocycles. The maximum absolute atomic E-state index is 12.5. The van der Waals surface area contributed by atoms with Gasteiger partial charge in [-0.25, -0.2) is 0 Å². The molecule has 0 unspecified atom stereocenters. The van der Waals surface area contributed by atoms with Gasteiger partial charge in [-0.05, 0) is 17.7 Å². The van der Waals surface area contributed by atoms with Gasteiger partial charge in [0.25, 0.3) is 0 Å². The summed E-state index contributed by atoms with van der Waals surface area (Å²) in [6, 6.07) is 17.4. The lowest BCUT2D eigenvalue weighted by Crippen LogP contribution is -2.50. The lowest BCUT2D eigenvalue weighted by molar-refractivity contribution is -0.128. The quantitative estimate of drug-likeness (QED) is 0.733. The van der Waals surface area contributed by atoms with Gasteiger partial charge in [-0.3, -0.25) is 14.5 Å². The Kier molecular flexibility index (Phi) is 7.41. The first kappa shape index (κ1) is 20.6. The van der Waals surface area contributed by atoms with Gasteiger partial charge in [-0.2, -0.15) is 0 Å². The summed E-state index contributed by atoms with van der Waals surface area (Å²) < 4.78 is 5.30. The predicted molar refractivity (Wildman–Crippen MR) is 113 cm³/mol. The van der Waals surface area contributed by atoms with Crippen molar-refractivity contribution in [3.05, 3.63) is 71.8 Å². The van der Waals surface area contributed by atoms with E-state index in [2.05, 4.69) is 10.2 Å². The van der Waals surface area contributed by atoms with Crippen LogP contribution in [0.2, 0.25) is 0 Å². The highest BCUT2D eigenvalue weighted by molar-refractivity contribution is 5.92. The summed E-state index contributed by atoms with van der Waals surface area (Å²) >= 11 is 0. The summed E-state index contributed by atoms with van der Waals surface area (Å²) in [5.74, 6) is 0.719. The Balaban J connectivity index is 1.42. The van der Waals surface area contributed by atoms with Crippen molar-refractivity contribution in [2.75, 3.05) is 39.8 Å². The number of methoxy groups -OCH3 is 1. The van der Waals surface area contributed by atoms with Crippen molar-refractivity contribution in [3.63, 3.8) is 0 Å². The van der Waals surface area contributed by atoms with Crippen LogP contribution in [0.4, 0.5) is 0 Å². The van der Waals surface area contributed by atoms with Gasteiger partial charge in [0.2, 0.25) is 11.8 Å². The van der Waals surface area contributed by atoms with Crippen molar-refractivity contribution < 1.29 is 14.3 Å². The molecule has 6 heteroatoms. The van der Waals surface area contributed by atoms with E-state index in [-0.39, 0.29) is 11.8 Å². The van der Waals surface area contributed by atoms with E-state index in [9.17, 15) is 9.59 Å². The van der Waals surface area contributed by atoms with Crippen LogP contribution in [0.3, 0.4) is 0 Å². The summed E-state index contributed by atoms with van der Waals surface area (Å²) in [4.78, 5) is 28.5. The van der Waals surface area contributed by atoms with Crippen molar-refractivity contribution in [1.82, 2.24) is 15.1 Å². The molecule has 1 N–H and O–H groups in total. The lowest BCUT2D eigenvalue weighted by atomic mass is 10.2. The number of carbonyl (C=O) groups excluding carboxylic acids is 2. The third kappa shape index (κ3) is 6.19. The molecule has 3 rings (SSSR count). The molecule has 0 bridgehead atoms. The minimum atomic E-state index is -0.0240. The molecule has 0 aliphatic carbocycles. The largest absolute Gasteiger partial charge is 0.496 e. The molecule has 0 saturated carbocycles. The number of amides is 2. The Labute approximate surface area is 171 Å². The van der Waals surface area contributed by atoms with Gasteiger partial charge in [-0.1, -0.05) is 48.5 Å². The molecular weight excluding hydrogens is 366 g/mol. The number of nitrogens with one attached hydrogen (secondary N) is 1. The van der Waals surface area contributed by atoms with Crippen LogP contribution < -0.4 is 10.1 Å². The van der Waals surface area contributed by atoms with E-state index in [1.807, 2.05) is 59.5 Å². The Morgan fingerprint density at radius 1 is 1.00 bits per heavy atom. The molecular formula is C23H27N3O3. The van der Waals surface area contributed by atoms with Crippen LogP contribution in [0.5, 0.6) is 5.75 Å². The minimum absolute atomic E-state index is 0.00435. The molecule has 6 nitrogen and oxygen atoms in total. The maximum Gasteiger partial charge on any atom is 0.246 e. The molecule has 0 spiro atoms. The SMILES string of the molecule is COc1ccccc1/C=C/C(=O)N1CCN(CC(=O)NCc2ccccc2)CC1. The third-order valence-corrected chi connectivity index (χ3v) is 4.93. The molecule has 1 heterocycles. The minimum Gasteiger partial charge on any atom is -0.496 e. The smallest absolute Gasteiger partial charge is 0.246 e. The average molecular weight is 393 g/mol. The Morgan fingerprint density at radius 3 is 2.41 bits per heavy atom. The predicted octanol–water partition coefficient (Wildman–Crippen LogP) is 2.17. The average Bonchev–Trinajstić information content (AvgIpc) is 2.77. The van der Waals surface area contributed by atoms with E-state index in [0.717, 1.165) is 16.9 Å². The second-order valence-electron chi connectivity index (χ2n) is 6.94. The molecule has 0 atom stereocenters. The van der Waals surface area contributed by atoms with Crippen molar-refractivity contribution in [2.24, 2.45) is 0 Å². The van der Waals surface area contributed by atoms with Crippen molar-refractivity contribution >= 4 is 17.9 Å². The number of nitrogens with zero attached hydrogens (tertiary/aromatic N) is 2. The van der Waals surface area contributed by atoms with Crippen LogP contribution in [0.1, 0.15) is 11.1 Å². The third-order valence-electron chi connectivity index (χ3n) is 4.93. The first-order valence-corrected chi connectivity index (χ1v) is 9.78. The van der Waals surface area contributed by atoms with Crippen LogP contribution in [0.15, 0.2) is 60.7 Å². The van der Waals surface area contributed by atoms with Gasteiger partial charge in [0, 0.05) is 44.4 Å². The van der Waals surface area contributed by atoms with Gasteiger partial charge in [-0.15, -0.1) is 0 Å².